The minimum atomic E-state index is -0.609. The average molecular weight is 434 g/mol. The second-order valence-electron chi connectivity index (χ2n) is 7.07. The van der Waals surface area contributed by atoms with Gasteiger partial charge in [0.05, 0.1) is 5.69 Å². The highest BCUT2D eigenvalue weighted by molar-refractivity contribution is 8.00. The molecule has 156 valence electrons. The van der Waals surface area contributed by atoms with Gasteiger partial charge in [0, 0.05) is 5.69 Å². The molecule has 0 aliphatic heterocycles. The lowest BCUT2D eigenvalue weighted by molar-refractivity contribution is -0.115. The molecule has 8 heteroatoms. The van der Waals surface area contributed by atoms with E-state index in [0.29, 0.717) is 10.8 Å². The number of hydrogen-bond acceptors (Lipinski definition) is 5. The molecule has 4 rings (SSSR count). The summed E-state index contributed by atoms with van der Waals surface area (Å²) in [6.45, 7) is 4.02. The van der Waals surface area contributed by atoms with Crippen molar-refractivity contribution in [3.63, 3.8) is 0 Å². The van der Waals surface area contributed by atoms with Gasteiger partial charge in [-0.2, -0.15) is 4.68 Å². The Labute approximate surface area is 183 Å². The molecule has 1 N–H and O–H groups in total. The summed E-state index contributed by atoms with van der Waals surface area (Å²) in [5.74, 6) is -0.613. The van der Waals surface area contributed by atoms with Gasteiger partial charge in [0.2, 0.25) is 11.1 Å². The summed E-state index contributed by atoms with van der Waals surface area (Å²) in [5.41, 5.74) is 4.35. The molecule has 1 unspecified atom stereocenters. The summed E-state index contributed by atoms with van der Waals surface area (Å²) in [7, 11) is 0. The van der Waals surface area contributed by atoms with Gasteiger partial charge in [0.15, 0.2) is 0 Å². The molecular formula is C23H20FN5OS. The molecule has 4 aromatic rings. The molecule has 1 atom stereocenters. The first kappa shape index (κ1) is 20.7. The highest BCUT2D eigenvalue weighted by Crippen LogP contribution is 2.36. The maximum Gasteiger partial charge on any atom is 0.242 e. The summed E-state index contributed by atoms with van der Waals surface area (Å²) in [4.78, 5) is 13.2. The zero-order valence-corrected chi connectivity index (χ0v) is 17.8. The predicted octanol–water partition coefficient (Wildman–Crippen LogP) is 4.89. The molecule has 0 saturated carbocycles. The number of rotatable bonds is 6. The lowest BCUT2D eigenvalue weighted by Gasteiger charge is -2.17. The number of carbonyl (C=O) groups is 1. The van der Waals surface area contributed by atoms with Crippen LogP contribution in [0.4, 0.5) is 10.1 Å². The van der Waals surface area contributed by atoms with Gasteiger partial charge >= 0.3 is 0 Å². The lowest BCUT2D eigenvalue weighted by Crippen LogP contribution is -2.19. The topological polar surface area (TPSA) is 72.7 Å². The lowest BCUT2D eigenvalue weighted by atomic mass is 10.1. The fourth-order valence-electron chi connectivity index (χ4n) is 3.19. The highest BCUT2D eigenvalue weighted by atomic mass is 32.2. The van der Waals surface area contributed by atoms with E-state index >= 15 is 0 Å². The number of carbonyl (C=O) groups excluding carboxylic acids is 1. The average Bonchev–Trinajstić information content (AvgIpc) is 3.22. The van der Waals surface area contributed by atoms with E-state index in [4.69, 9.17) is 0 Å². The maximum absolute atomic E-state index is 13.2. The minimum absolute atomic E-state index is 0.252. The standard InChI is InChI=1S/C23H20FN5OS/c1-15-8-13-20(16(2)14-15)29-23(26-27-28-29)31-21(17-6-4-3-5-7-17)22(30)25-19-11-9-18(24)10-12-19/h3-14,21H,1-2H3,(H,25,30). The van der Waals surface area contributed by atoms with Crippen molar-refractivity contribution in [2.75, 3.05) is 5.32 Å². The maximum atomic E-state index is 13.2. The van der Waals surface area contributed by atoms with Crippen LogP contribution in [0.3, 0.4) is 0 Å². The smallest absolute Gasteiger partial charge is 0.242 e. The summed E-state index contributed by atoms with van der Waals surface area (Å²) in [5, 5.41) is 14.9. The molecule has 0 fully saturated rings. The Hall–Kier alpha value is -3.52. The van der Waals surface area contributed by atoms with Gasteiger partial charge in [0.1, 0.15) is 11.1 Å². The van der Waals surface area contributed by atoms with Crippen LogP contribution in [-0.4, -0.2) is 26.1 Å². The Bertz CT molecular complexity index is 1190. The molecule has 1 amide bonds. The Morgan fingerprint density at radius 2 is 1.77 bits per heavy atom. The number of amides is 1. The molecule has 0 aliphatic rings. The monoisotopic (exact) mass is 433 g/mol. The zero-order valence-electron chi connectivity index (χ0n) is 17.0. The molecular weight excluding hydrogens is 413 g/mol. The van der Waals surface area contributed by atoms with Gasteiger partial charge in [-0.15, -0.1) is 5.10 Å². The van der Waals surface area contributed by atoms with Gasteiger partial charge in [-0.3, -0.25) is 4.79 Å². The van der Waals surface area contributed by atoms with Crippen molar-refractivity contribution >= 4 is 23.4 Å². The van der Waals surface area contributed by atoms with Gasteiger partial charge in [-0.1, -0.05) is 59.8 Å². The van der Waals surface area contributed by atoms with Crippen LogP contribution in [0.25, 0.3) is 5.69 Å². The second kappa shape index (κ2) is 9.09. The normalized spacial score (nSPS) is 11.8. The van der Waals surface area contributed by atoms with Crippen molar-refractivity contribution in [1.29, 1.82) is 0 Å². The minimum Gasteiger partial charge on any atom is -0.325 e. The first-order valence-corrected chi connectivity index (χ1v) is 10.5. The third-order valence-electron chi connectivity index (χ3n) is 4.70. The SMILES string of the molecule is Cc1ccc(-n2nnnc2SC(C(=O)Nc2ccc(F)cc2)c2ccccc2)c(C)c1. The fourth-order valence-corrected chi connectivity index (χ4v) is 4.18. The molecule has 0 saturated heterocycles. The second-order valence-corrected chi connectivity index (χ2v) is 8.14. The Balaban J connectivity index is 1.66. The number of anilines is 1. The number of nitrogens with zero attached hydrogens (tertiary/aromatic N) is 4. The molecule has 6 nitrogen and oxygen atoms in total. The van der Waals surface area contributed by atoms with Gasteiger partial charge in [-0.05, 0) is 65.7 Å². The molecule has 0 bridgehead atoms. The van der Waals surface area contributed by atoms with E-state index < -0.39 is 5.25 Å². The predicted molar refractivity (Wildman–Crippen MR) is 119 cm³/mol. The summed E-state index contributed by atoms with van der Waals surface area (Å²) < 4.78 is 14.9. The number of hydrogen-bond donors (Lipinski definition) is 1. The molecule has 0 aliphatic carbocycles. The third-order valence-corrected chi connectivity index (χ3v) is 5.88. The first-order valence-electron chi connectivity index (χ1n) is 9.65. The van der Waals surface area contributed by atoms with Crippen LogP contribution in [0.5, 0.6) is 0 Å². The number of halogens is 1. The summed E-state index contributed by atoms with van der Waals surface area (Å²) >= 11 is 1.25. The summed E-state index contributed by atoms with van der Waals surface area (Å²) in [6, 6.07) is 21.1. The van der Waals surface area contributed by atoms with Crippen LogP contribution >= 0.6 is 11.8 Å². The van der Waals surface area contributed by atoms with E-state index in [1.807, 2.05) is 56.3 Å². The van der Waals surface area contributed by atoms with Crippen molar-refractivity contribution in [2.24, 2.45) is 0 Å². The van der Waals surface area contributed by atoms with E-state index in [-0.39, 0.29) is 11.7 Å². The quantitative estimate of drug-likeness (QED) is 0.438. The van der Waals surface area contributed by atoms with Crippen LogP contribution in [0.15, 0.2) is 78.0 Å². The van der Waals surface area contributed by atoms with Crippen LogP contribution in [-0.2, 0) is 4.79 Å². The number of nitrogens with one attached hydrogen (secondary N) is 1. The molecule has 0 spiro atoms. The van der Waals surface area contributed by atoms with Crippen LogP contribution in [0.2, 0.25) is 0 Å². The molecule has 1 heterocycles. The molecule has 31 heavy (non-hydrogen) atoms. The Morgan fingerprint density at radius 1 is 1.03 bits per heavy atom. The Kier molecular flexibility index (Phi) is 6.08. The molecule has 3 aromatic carbocycles. The zero-order chi connectivity index (χ0) is 21.8. The van der Waals surface area contributed by atoms with Crippen molar-refractivity contribution in [3.05, 3.63) is 95.3 Å². The molecule has 1 aromatic heterocycles. The number of thioether (sulfide) groups is 1. The van der Waals surface area contributed by atoms with Crippen molar-refractivity contribution in [1.82, 2.24) is 20.2 Å². The molecule has 0 radical (unpaired) electrons. The van der Waals surface area contributed by atoms with E-state index in [0.717, 1.165) is 22.4 Å². The van der Waals surface area contributed by atoms with Crippen molar-refractivity contribution in [3.8, 4) is 5.69 Å². The van der Waals surface area contributed by atoms with E-state index in [2.05, 4.69) is 26.9 Å². The largest absolute Gasteiger partial charge is 0.325 e. The van der Waals surface area contributed by atoms with Crippen LogP contribution in [0.1, 0.15) is 21.9 Å². The number of benzene rings is 3. The number of tetrazole rings is 1. The van der Waals surface area contributed by atoms with Crippen LogP contribution in [0, 0.1) is 19.7 Å². The van der Waals surface area contributed by atoms with Crippen molar-refractivity contribution < 1.29 is 9.18 Å². The third kappa shape index (κ3) is 4.80. The number of aromatic nitrogens is 4. The van der Waals surface area contributed by atoms with E-state index in [1.165, 1.54) is 36.0 Å². The summed E-state index contributed by atoms with van der Waals surface area (Å²) in [6.07, 6.45) is 0. The van der Waals surface area contributed by atoms with Crippen molar-refractivity contribution in [2.45, 2.75) is 24.3 Å². The van der Waals surface area contributed by atoms with Crippen LogP contribution < -0.4 is 5.32 Å². The highest BCUT2D eigenvalue weighted by Gasteiger charge is 2.26. The van der Waals surface area contributed by atoms with Gasteiger partial charge < -0.3 is 5.32 Å². The van der Waals surface area contributed by atoms with E-state index in [1.54, 1.807) is 4.68 Å². The van der Waals surface area contributed by atoms with Gasteiger partial charge in [0.25, 0.3) is 0 Å². The first-order chi connectivity index (χ1) is 15.0. The number of aryl methyl sites for hydroxylation is 2. The van der Waals surface area contributed by atoms with E-state index in [9.17, 15) is 9.18 Å². The Morgan fingerprint density at radius 3 is 2.48 bits per heavy atom. The fraction of sp³-hybridized carbons (Fsp3) is 0.130. The van der Waals surface area contributed by atoms with Gasteiger partial charge in [-0.25, -0.2) is 4.39 Å².